The molecule has 1 aliphatic heterocycles. The van der Waals surface area contributed by atoms with Crippen molar-refractivity contribution in [2.24, 2.45) is 17.6 Å². The van der Waals surface area contributed by atoms with Crippen molar-refractivity contribution in [3.05, 3.63) is 70.3 Å². The van der Waals surface area contributed by atoms with Crippen LogP contribution in [0.3, 0.4) is 0 Å². The van der Waals surface area contributed by atoms with Crippen LogP contribution in [0.4, 0.5) is 8.78 Å². The molecule has 33 heavy (non-hydrogen) atoms. The lowest BCUT2D eigenvalue weighted by atomic mass is 9.78. The van der Waals surface area contributed by atoms with Crippen LogP contribution in [0, 0.1) is 34.8 Å². The van der Waals surface area contributed by atoms with Crippen LogP contribution in [0.15, 0.2) is 36.4 Å². The van der Waals surface area contributed by atoms with Crippen molar-refractivity contribution in [2.45, 2.75) is 44.6 Å². The minimum absolute atomic E-state index is 0.106. The molecule has 1 saturated heterocycles. The van der Waals surface area contributed by atoms with E-state index in [1.54, 1.807) is 12.1 Å². The Labute approximate surface area is 190 Å². The van der Waals surface area contributed by atoms with Gasteiger partial charge in [0.25, 0.3) is 5.91 Å². The van der Waals surface area contributed by atoms with Crippen LogP contribution in [0.25, 0.3) is 0 Å². The number of nitrogens with two attached hydrogens (primary N) is 1. The van der Waals surface area contributed by atoms with E-state index in [1.807, 2.05) is 6.07 Å². The molecule has 6 nitrogen and oxygen atoms in total. The third-order valence-electron chi connectivity index (χ3n) is 6.57. The van der Waals surface area contributed by atoms with Gasteiger partial charge in [0.05, 0.1) is 29.8 Å². The number of carbonyl (C=O) groups is 2. The first-order chi connectivity index (χ1) is 15.9. The van der Waals surface area contributed by atoms with Gasteiger partial charge in [-0.15, -0.1) is 0 Å². The van der Waals surface area contributed by atoms with Crippen molar-refractivity contribution >= 4 is 11.8 Å². The van der Waals surface area contributed by atoms with Gasteiger partial charge in [0.2, 0.25) is 5.91 Å². The van der Waals surface area contributed by atoms with Crippen LogP contribution >= 0.6 is 0 Å². The zero-order valence-corrected chi connectivity index (χ0v) is 18.1. The number of hydroxylamine groups is 2. The molecule has 2 aliphatic rings. The van der Waals surface area contributed by atoms with Crippen molar-refractivity contribution in [2.75, 3.05) is 6.61 Å². The first kappa shape index (κ1) is 22.9. The number of amides is 2. The number of primary amides is 1. The van der Waals surface area contributed by atoms with Gasteiger partial charge in [-0.05, 0) is 79.5 Å². The van der Waals surface area contributed by atoms with Gasteiger partial charge in [-0.2, -0.15) is 5.26 Å². The van der Waals surface area contributed by atoms with Gasteiger partial charge in [-0.3, -0.25) is 14.4 Å². The molecule has 0 bridgehead atoms. The fourth-order valence-electron chi connectivity index (χ4n) is 4.87. The summed E-state index contributed by atoms with van der Waals surface area (Å²) in [6, 6.07) is 10.1. The van der Waals surface area contributed by atoms with Crippen LogP contribution < -0.4 is 5.73 Å². The average Bonchev–Trinajstić information content (AvgIpc) is 3.30. The summed E-state index contributed by atoms with van der Waals surface area (Å²) < 4.78 is 27.6. The second-order valence-electron chi connectivity index (χ2n) is 8.79. The largest absolute Gasteiger partial charge is 0.366 e. The van der Waals surface area contributed by atoms with Gasteiger partial charge in [-0.25, -0.2) is 13.8 Å². The summed E-state index contributed by atoms with van der Waals surface area (Å²) >= 11 is 0. The molecule has 0 radical (unpaired) electrons. The van der Waals surface area contributed by atoms with E-state index < -0.39 is 23.6 Å². The molecule has 2 aromatic carbocycles. The van der Waals surface area contributed by atoms with E-state index in [0.29, 0.717) is 43.8 Å². The lowest BCUT2D eigenvalue weighted by Crippen LogP contribution is -2.36. The quantitative estimate of drug-likeness (QED) is 0.734. The van der Waals surface area contributed by atoms with Crippen LogP contribution in [-0.4, -0.2) is 23.5 Å². The highest BCUT2D eigenvalue weighted by Gasteiger charge is 2.37. The Morgan fingerprint density at radius 3 is 2.55 bits per heavy atom. The highest BCUT2D eigenvalue weighted by molar-refractivity contribution is 5.93. The van der Waals surface area contributed by atoms with E-state index in [0.717, 1.165) is 18.4 Å². The lowest BCUT2D eigenvalue weighted by molar-refractivity contribution is -0.183. The standard InChI is InChI=1S/C25H25F2N3O3/c26-20-11-17(14-28)10-19(13-20)23-7-8-33-30(23)25(32)18-4-1-15(2-5-18)9-16-3-6-22(27)21(12-16)24(29)31/h3,6,10-13,15,18,23H,1-2,4-5,7-9H2,(H2,29,31)/t15-,18-,23-/m0/s1. The molecule has 0 unspecified atom stereocenters. The van der Waals surface area contributed by atoms with E-state index in [2.05, 4.69) is 0 Å². The third-order valence-corrected chi connectivity index (χ3v) is 6.57. The van der Waals surface area contributed by atoms with Gasteiger partial charge in [0.15, 0.2) is 0 Å². The van der Waals surface area contributed by atoms with Crippen molar-refractivity contribution < 1.29 is 23.2 Å². The predicted molar refractivity (Wildman–Crippen MR) is 115 cm³/mol. The van der Waals surface area contributed by atoms with Crippen molar-refractivity contribution in [3.63, 3.8) is 0 Å². The molecule has 0 spiro atoms. The Morgan fingerprint density at radius 1 is 1.09 bits per heavy atom. The normalized spacial score (nSPS) is 22.7. The summed E-state index contributed by atoms with van der Waals surface area (Å²) in [6.45, 7) is 0.358. The molecule has 4 rings (SSSR count). The molecular formula is C25H25F2N3O3. The number of carbonyl (C=O) groups excluding carboxylic acids is 2. The van der Waals surface area contributed by atoms with Crippen LogP contribution in [0.2, 0.25) is 0 Å². The molecule has 2 fully saturated rings. The Hall–Kier alpha value is -3.31. The third kappa shape index (κ3) is 5.04. The van der Waals surface area contributed by atoms with Crippen molar-refractivity contribution in [1.29, 1.82) is 5.26 Å². The Morgan fingerprint density at radius 2 is 1.85 bits per heavy atom. The average molecular weight is 453 g/mol. The lowest BCUT2D eigenvalue weighted by Gasteiger charge is -2.32. The highest BCUT2D eigenvalue weighted by atomic mass is 19.1. The number of rotatable bonds is 5. The molecule has 8 heteroatoms. The summed E-state index contributed by atoms with van der Waals surface area (Å²) in [6.07, 6.45) is 4.24. The zero-order chi connectivity index (χ0) is 23.5. The highest BCUT2D eigenvalue weighted by Crippen LogP contribution is 2.37. The fraction of sp³-hybridized carbons (Fsp3) is 0.400. The first-order valence-corrected chi connectivity index (χ1v) is 11.1. The predicted octanol–water partition coefficient (Wildman–Crippen LogP) is 4.19. The number of hydrogen-bond donors (Lipinski definition) is 1. The molecule has 172 valence electrons. The molecule has 0 aromatic heterocycles. The van der Waals surface area contributed by atoms with Gasteiger partial charge < -0.3 is 5.73 Å². The molecule has 2 aromatic rings. The second kappa shape index (κ2) is 9.67. The monoisotopic (exact) mass is 453 g/mol. The van der Waals surface area contributed by atoms with Gasteiger partial charge in [0.1, 0.15) is 11.6 Å². The van der Waals surface area contributed by atoms with Crippen LogP contribution in [-0.2, 0) is 16.1 Å². The van der Waals surface area contributed by atoms with Gasteiger partial charge >= 0.3 is 0 Å². The number of hydrogen-bond acceptors (Lipinski definition) is 4. The second-order valence-corrected chi connectivity index (χ2v) is 8.79. The molecule has 1 saturated carbocycles. The minimum atomic E-state index is -0.788. The molecule has 1 aliphatic carbocycles. The van der Waals surface area contributed by atoms with Crippen LogP contribution in [0.1, 0.15) is 65.2 Å². The molecule has 2 N–H and O–H groups in total. The zero-order valence-electron chi connectivity index (χ0n) is 18.1. The SMILES string of the molecule is N#Cc1cc(F)cc([C@@H]2CCON2C(=O)[C@H]2CC[C@H](Cc3ccc(F)c(C(N)=O)c3)CC2)c1. The van der Waals surface area contributed by atoms with Crippen molar-refractivity contribution in [1.82, 2.24) is 5.06 Å². The van der Waals surface area contributed by atoms with Gasteiger partial charge in [0, 0.05) is 12.3 Å². The molecular weight excluding hydrogens is 428 g/mol. The maximum absolute atomic E-state index is 13.9. The Balaban J connectivity index is 1.38. The molecule has 2 amide bonds. The number of benzene rings is 2. The van der Waals surface area contributed by atoms with E-state index >= 15 is 0 Å². The summed E-state index contributed by atoms with van der Waals surface area (Å²) in [5.74, 6) is -1.91. The van der Waals surface area contributed by atoms with Gasteiger partial charge in [-0.1, -0.05) is 6.07 Å². The molecule has 1 atom stereocenters. The van der Waals surface area contributed by atoms with E-state index in [4.69, 9.17) is 15.8 Å². The first-order valence-electron chi connectivity index (χ1n) is 11.1. The smallest absolute Gasteiger partial charge is 0.251 e. The fourth-order valence-corrected chi connectivity index (χ4v) is 4.87. The number of nitrogens with zero attached hydrogens (tertiary/aromatic N) is 2. The van der Waals surface area contributed by atoms with E-state index in [-0.39, 0.29) is 23.0 Å². The maximum atomic E-state index is 13.9. The molecule has 1 heterocycles. The summed E-state index contributed by atoms with van der Waals surface area (Å²) in [5.41, 5.74) is 6.75. The minimum Gasteiger partial charge on any atom is -0.366 e. The Kier molecular flexibility index (Phi) is 6.70. The van der Waals surface area contributed by atoms with Crippen LogP contribution in [0.5, 0.6) is 0 Å². The summed E-state index contributed by atoms with van der Waals surface area (Å²) in [7, 11) is 0. The number of halogens is 2. The number of nitriles is 1. The van der Waals surface area contributed by atoms with Crippen molar-refractivity contribution in [3.8, 4) is 6.07 Å². The maximum Gasteiger partial charge on any atom is 0.251 e. The Bertz CT molecular complexity index is 1110. The summed E-state index contributed by atoms with van der Waals surface area (Å²) in [4.78, 5) is 30.2. The van der Waals surface area contributed by atoms with E-state index in [9.17, 15) is 18.4 Å². The van der Waals surface area contributed by atoms with E-state index in [1.165, 1.54) is 29.3 Å². The summed E-state index contributed by atoms with van der Waals surface area (Å²) in [5, 5.41) is 10.5. The topological polar surface area (TPSA) is 96.4 Å².